The van der Waals surface area contributed by atoms with E-state index in [4.69, 9.17) is 11.6 Å². The quantitative estimate of drug-likeness (QED) is 0.391. The molecule has 0 radical (unpaired) electrons. The van der Waals surface area contributed by atoms with Crippen molar-refractivity contribution in [3.8, 4) is 0 Å². The van der Waals surface area contributed by atoms with Crippen LogP contribution in [0.2, 0.25) is 0 Å². The summed E-state index contributed by atoms with van der Waals surface area (Å²) in [5.41, 5.74) is -1.33. The van der Waals surface area contributed by atoms with Crippen LogP contribution in [-0.2, 0) is 9.47 Å². The van der Waals surface area contributed by atoms with Crippen LogP contribution in [0.15, 0.2) is 0 Å². The molecule has 0 bridgehead atoms. The third-order valence-electron chi connectivity index (χ3n) is 0.888. The van der Waals surface area contributed by atoms with Gasteiger partial charge >= 0.3 is 12.0 Å². The fourth-order valence-corrected chi connectivity index (χ4v) is 0.540. The van der Waals surface area contributed by atoms with Gasteiger partial charge in [-0.15, -0.1) is 0 Å². The third-order valence-corrected chi connectivity index (χ3v) is 1.37. The fourth-order valence-electron chi connectivity index (χ4n) is 0.423. The lowest BCUT2D eigenvalue weighted by molar-refractivity contribution is -0.0525. The first-order valence-electron chi connectivity index (χ1n) is 2.25. The van der Waals surface area contributed by atoms with Gasteiger partial charge in [-0.05, 0) is 0 Å². The molecule has 1 rings (SSSR count). The van der Waals surface area contributed by atoms with E-state index in [1.54, 1.807) is 0 Å². The first kappa shape index (κ1) is 6.61. The monoisotopic (exact) mass is 154 g/mol. The average Bonchev–Trinajstić information content (AvgIpc) is 1.79. The third kappa shape index (κ3) is 1.08. The second kappa shape index (κ2) is 1.73. The maximum absolute atomic E-state index is 12.6. The molecule has 0 aliphatic carbocycles. The minimum absolute atomic E-state index is 1.02. The molecule has 1 aliphatic heterocycles. The lowest BCUT2D eigenvalue weighted by Gasteiger charge is -2.09. The van der Waals surface area contributed by atoms with Gasteiger partial charge in [-0.25, -0.2) is 4.79 Å². The molecule has 1 heterocycles. The number of rotatable bonds is 0. The molecule has 2 unspecified atom stereocenters. The Bertz CT molecular complexity index is 147. The Balaban J connectivity index is 2.69. The second-order valence-corrected chi connectivity index (χ2v) is 2.17. The standard InChI is InChI=1S/C4H4ClFO3/c1-4(6)2(5)8-3(7)9-4/h2H,1H3. The highest BCUT2D eigenvalue weighted by Gasteiger charge is 2.47. The highest BCUT2D eigenvalue weighted by atomic mass is 35.5. The van der Waals surface area contributed by atoms with Crippen molar-refractivity contribution < 1.29 is 18.7 Å². The van der Waals surface area contributed by atoms with Gasteiger partial charge in [0.15, 0.2) is 0 Å². The molecule has 1 fully saturated rings. The number of hydrogen-bond donors (Lipinski definition) is 0. The fraction of sp³-hybridized carbons (Fsp3) is 0.750. The molecule has 5 heteroatoms. The van der Waals surface area contributed by atoms with Crippen molar-refractivity contribution in [1.82, 2.24) is 0 Å². The molecule has 1 saturated heterocycles. The summed E-state index contributed by atoms with van der Waals surface area (Å²) < 4.78 is 20.7. The van der Waals surface area contributed by atoms with Crippen LogP contribution >= 0.6 is 11.6 Å². The highest BCUT2D eigenvalue weighted by Crippen LogP contribution is 2.30. The number of carbonyl (C=O) groups excluding carboxylic acids is 1. The Labute approximate surface area is 55.7 Å². The van der Waals surface area contributed by atoms with Gasteiger partial charge in [0.25, 0.3) is 0 Å². The molecule has 0 spiro atoms. The van der Waals surface area contributed by atoms with Crippen molar-refractivity contribution in [2.45, 2.75) is 18.3 Å². The van der Waals surface area contributed by atoms with Crippen LogP contribution in [0, 0.1) is 0 Å². The second-order valence-electron chi connectivity index (χ2n) is 1.77. The van der Waals surface area contributed by atoms with Crippen molar-refractivity contribution in [3.05, 3.63) is 0 Å². The molecular formula is C4H4ClFO3. The number of carbonyl (C=O) groups is 1. The zero-order valence-electron chi connectivity index (χ0n) is 4.56. The SMILES string of the molecule is CC1(F)OC(=O)OC1Cl. The Hall–Kier alpha value is -0.510. The number of hydrogen-bond acceptors (Lipinski definition) is 3. The molecular weight excluding hydrogens is 150 g/mol. The molecule has 52 valence electrons. The first-order valence-corrected chi connectivity index (χ1v) is 2.68. The van der Waals surface area contributed by atoms with Crippen LogP contribution < -0.4 is 0 Å². The van der Waals surface area contributed by atoms with E-state index in [0.29, 0.717) is 0 Å². The van der Waals surface area contributed by atoms with Crippen molar-refractivity contribution in [2.75, 3.05) is 0 Å². The average molecular weight is 155 g/mol. The van der Waals surface area contributed by atoms with Gasteiger partial charge in [-0.1, -0.05) is 11.6 Å². The number of alkyl halides is 2. The van der Waals surface area contributed by atoms with Gasteiger partial charge in [0.2, 0.25) is 5.56 Å². The Morgan fingerprint density at radius 3 is 2.56 bits per heavy atom. The van der Waals surface area contributed by atoms with E-state index in [-0.39, 0.29) is 0 Å². The number of ether oxygens (including phenoxy) is 2. The van der Waals surface area contributed by atoms with Crippen LogP contribution in [0.25, 0.3) is 0 Å². The molecule has 3 nitrogen and oxygen atoms in total. The van der Waals surface area contributed by atoms with Crippen LogP contribution in [-0.4, -0.2) is 17.6 Å². The van der Waals surface area contributed by atoms with E-state index in [2.05, 4.69) is 9.47 Å². The van der Waals surface area contributed by atoms with E-state index in [0.717, 1.165) is 6.92 Å². The van der Waals surface area contributed by atoms with Crippen LogP contribution in [0.3, 0.4) is 0 Å². The van der Waals surface area contributed by atoms with Crippen molar-refractivity contribution in [1.29, 1.82) is 0 Å². The number of halogens is 2. The molecule has 2 atom stereocenters. The zero-order chi connectivity index (χ0) is 7.07. The summed E-state index contributed by atoms with van der Waals surface area (Å²) in [7, 11) is 0. The lowest BCUT2D eigenvalue weighted by Crippen LogP contribution is -2.26. The minimum atomic E-state index is -2.18. The van der Waals surface area contributed by atoms with Crippen molar-refractivity contribution in [2.24, 2.45) is 0 Å². The van der Waals surface area contributed by atoms with E-state index in [1.165, 1.54) is 0 Å². The van der Waals surface area contributed by atoms with E-state index < -0.39 is 17.6 Å². The van der Waals surface area contributed by atoms with Crippen LogP contribution in [0.1, 0.15) is 6.92 Å². The maximum atomic E-state index is 12.6. The summed E-state index contributed by atoms with van der Waals surface area (Å²) in [6.07, 6.45) is -1.07. The van der Waals surface area contributed by atoms with Gasteiger partial charge in [0.05, 0.1) is 0 Å². The van der Waals surface area contributed by atoms with Gasteiger partial charge in [0, 0.05) is 6.92 Å². The summed E-state index contributed by atoms with van der Waals surface area (Å²) in [6.45, 7) is 1.02. The van der Waals surface area contributed by atoms with Gasteiger partial charge in [-0.2, -0.15) is 4.39 Å². The Morgan fingerprint density at radius 2 is 2.44 bits per heavy atom. The summed E-state index contributed by atoms with van der Waals surface area (Å²) in [5, 5.41) is 0. The lowest BCUT2D eigenvalue weighted by atomic mass is 10.4. The molecule has 0 saturated carbocycles. The molecule has 1 aliphatic rings. The molecule has 0 aromatic carbocycles. The van der Waals surface area contributed by atoms with Gasteiger partial charge < -0.3 is 9.47 Å². The maximum Gasteiger partial charge on any atom is 0.512 e. The van der Waals surface area contributed by atoms with Crippen LogP contribution in [0.4, 0.5) is 9.18 Å². The Morgan fingerprint density at radius 1 is 1.89 bits per heavy atom. The first-order chi connectivity index (χ1) is 4.02. The molecule has 0 aromatic heterocycles. The predicted octanol–water partition coefficient (Wildman–Crippen LogP) is 1.40. The summed E-state index contributed by atoms with van der Waals surface area (Å²) in [5.74, 6) is -2.18. The largest absolute Gasteiger partial charge is 0.512 e. The minimum Gasteiger partial charge on any atom is -0.407 e. The van der Waals surface area contributed by atoms with E-state index >= 15 is 0 Å². The van der Waals surface area contributed by atoms with E-state index in [9.17, 15) is 9.18 Å². The van der Waals surface area contributed by atoms with Gasteiger partial charge in [-0.3, -0.25) is 0 Å². The van der Waals surface area contributed by atoms with Crippen molar-refractivity contribution in [3.63, 3.8) is 0 Å². The summed E-state index contributed by atoms with van der Waals surface area (Å²) in [4.78, 5) is 10.1. The van der Waals surface area contributed by atoms with E-state index in [1.807, 2.05) is 0 Å². The smallest absolute Gasteiger partial charge is 0.407 e. The number of cyclic esters (lactones) is 2. The molecule has 0 amide bonds. The summed E-state index contributed by atoms with van der Waals surface area (Å²) in [6, 6.07) is 0. The Kier molecular flexibility index (Phi) is 1.27. The highest BCUT2D eigenvalue weighted by molar-refractivity contribution is 6.21. The molecule has 0 aromatic rings. The van der Waals surface area contributed by atoms with Crippen molar-refractivity contribution >= 4 is 17.8 Å². The topological polar surface area (TPSA) is 35.5 Å². The normalized spacial score (nSPS) is 42.1. The predicted molar refractivity (Wildman–Crippen MR) is 26.7 cm³/mol. The van der Waals surface area contributed by atoms with Gasteiger partial charge in [0.1, 0.15) is 0 Å². The summed E-state index contributed by atoms with van der Waals surface area (Å²) >= 11 is 5.16. The molecule has 0 N–H and O–H groups in total. The zero-order valence-corrected chi connectivity index (χ0v) is 5.31. The van der Waals surface area contributed by atoms with Crippen LogP contribution in [0.5, 0.6) is 0 Å². The molecule has 9 heavy (non-hydrogen) atoms.